The van der Waals surface area contributed by atoms with Gasteiger partial charge in [-0.05, 0) is 24.3 Å². The van der Waals surface area contributed by atoms with E-state index in [4.69, 9.17) is 4.74 Å². The van der Waals surface area contributed by atoms with E-state index in [0.29, 0.717) is 5.56 Å². The number of hydrogen-bond donors (Lipinski definition) is 2. The minimum Gasteiger partial charge on any atom is -0.378 e. The summed E-state index contributed by atoms with van der Waals surface area (Å²) in [5.41, 5.74) is 3.21. The summed E-state index contributed by atoms with van der Waals surface area (Å²) in [6, 6.07) is 13.5. The highest BCUT2D eigenvalue weighted by atomic mass is 16.5. The van der Waals surface area contributed by atoms with Gasteiger partial charge in [-0.1, -0.05) is 18.2 Å². The van der Waals surface area contributed by atoms with Crippen molar-refractivity contribution in [3.05, 3.63) is 54.2 Å². The second-order valence-corrected chi connectivity index (χ2v) is 5.74. The molecule has 1 aliphatic rings. The third kappa shape index (κ3) is 2.83. The average Bonchev–Trinajstić information content (AvgIpc) is 3.11. The number of para-hydroxylation sites is 1. The predicted molar refractivity (Wildman–Crippen MR) is 93.5 cm³/mol. The molecule has 3 aromatic rings. The Bertz CT molecular complexity index is 868. The van der Waals surface area contributed by atoms with E-state index in [2.05, 4.69) is 26.5 Å². The summed E-state index contributed by atoms with van der Waals surface area (Å²) in [5, 5.41) is 10.8. The van der Waals surface area contributed by atoms with E-state index in [0.717, 1.165) is 48.6 Å². The summed E-state index contributed by atoms with van der Waals surface area (Å²) >= 11 is 0. The van der Waals surface area contributed by atoms with Crippen LogP contribution in [0.15, 0.2) is 48.7 Å². The van der Waals surface area contributed by atoms with E-state index in [1.807, 2.05) is 30.3 Å². The Hall–Kier alpha value is -2.86. The Morgan fingerprint density at radius 2 is 2.00 bits per heavy atom. The Balaban J connectivity index is 1.56. The van der Waals surface area contributed by atoms with E-state index in [1.54, 1.807) is 12.3 Å². The molecule has 0 atom stereocenters. The van der Waals surface area contributed by atoms with Gasteiger partial charge in [-0.25, -0.2) is 0 Å². The van der Waals surface area contributed by atoms with E-state index in [1.165, 1.54) is 0 Å². The van der Waals surface area contributed by atoms with Crippen LogP contribution >= 0.6 is 0 Å². The summed E-state index contributed by atoms with van der Waals surface area (Å²) in [6.45, 7) is 3.20. The molecule has 1 amide bonds. The Labute approximate surface area is 139 Å². The number of fused-ring (bicyclic) bond motifs is 1. The van der Waals surface area contributed by atoms with Crippen molar-refractivity contribution >= 4 is 28.2 Å². The maximum Gasteiger partial charge on any atom is 0.257 e. The van der Waals surface area contributed by atoms with Crippen molar-refractivity contribution in [2.24, 2.45) is 0 Å². The number of aromatic nitrogens is 2. The first-order valence-corrected chi connectivity index (χ1v) is 7.97. The fourth-order valence-corrected chi connectivity index (χ4v) is 2.96. The lowest BCUT2D eigenvalue weighted by Gasteiger charge is -2.29. The van der Waals surface area contributed by atoms with Crippen LogP contribution in [0.4, 0.5) is 11.4 Å². The molecule has 1 saturated heterocycles. The summed E-state index contributed by atoms with van der Waals surface area (Å²) in [5.74, 6) is -0.149. The van der Waals surface area contributed by atoms with Crippen molar-refractivity contribution in [3.8, 4) is 0 Å². The van der Waals surface area contributed by atoms with E-state index >= 15 is 0 Å². The minimum absolute atomic E-state index is 0.149. The number of carbonyl (C=O) groups is 1. The van der Waals surface area contributed by atoms with Crippen LogP contribution in [-0.4, -0.2) is 42.4 Å². The number of ether oxygens (including phenoxy) is 1. The van der Waals surface area contributed by atoms with Gasteiger partial charge in [0.25, 0.3) is 5.91 Å². The highest BCUT2D eigenvalue weighted by molar-refractivity contribution is 6.11. The number of morpholine rings is 1. The van der Waals surface area contributed by atoms with E-state index < -0.39 is 0 Å². The number of hydrogen-bond acceptors (Lipinski definition) is 4. The van der Waals surface area contributed by atoms with Crippen molar-refractivity contribution in [1.29, 1.82) is 0 Å². The monoisotopic (exact) mass is 322 g/mol. The number of H-pyrrole nitrogens is 1. The van der Waals surface area contributed by atoms with E-state index in [9.17, 15) is 4.79 Å². The van der Waals surface area contributed by atoms with Gasteiger partial charge in [0.15, 0.2) is 0 Å². The zero-order valence-corrected chi connectivity index (χ0v) is 13.2. The molecule has 0 saturated carbocycles. The van der Waals surface area contributed by atoms with Crippen LogP contribution in [0.1, 0.15) is 10.4 Å². The topological polar surface area (TPSA) is 70.2 Å². The zero-order chi connectivity index (χ0) is 16.4. The smallest absolute Gasteiger partial charge is 0.257 e. The molecule has 1 fully saturated rings. The van der Waals surface area contributed by atoms with Gasteiger partial charge in [-0.15, -0.1) is 0 Å². The maximum atomic E-state index is 12.6. The van der Waals surface area contributed by atoms with Gasteiger partial charge in [-0.2, -0.15) is 5.10 Å². The van der Waals surface area contributed by atoms with Gasteiger partial charge in [0, 0.05) is 29.9 Å². The molecule has 0 spiro atoms. The van der Waals surface area contributed by atoms with Crippen LogP contribution in [0.2, 0.25) is 0 Å². The van der Waals surface area contributed by atoms with Gasteiger partial charge in [0.2, 0.25) is 0 Å². The first-order valence-electron chi connectivity index (χ1n) is 7.97. The highest BCUT2D eigenvalue weighted by Gasteiger charge is 2.14. The molecule has 122 valence electrons. The molecule has 1 aliphatic heterocycles. The third-order valence-corrected chi connectivity index (χ3v) is 4.20. The molecular formula is C18H18N4O2. The van der Waals surface area contributed by atoms with E-state index in [-0.39, 0.29) is 5.91 Å². The molecule has 0 radical (unpaired) electrons. The second-order valence-electron chi connectivity index (χ2n) is 5.74. The maximum absolute atomic E-state index is 12.6. The number of carbonyl (C=O) groups excluding carboxylic acids is 1. The number of nitrogens with zero attached hydrogens (tertiary/aromatic N) is 2. The van der Waals surface area contributed by atoms with Crippen LogP contribution in [0.5, 0.6) is 0 Å². The van der Waals surface area contributed by atoms with Gasteiger partial charge < -0.3 is 15.0 Å². The molecule has 6 nitrogen and oxygen atoms in total. The molecule has 2 aromatic carbocycles. The number of rotatable bonds is 3. The van der Waals surface area contributed by atoms with Gasteiger partial charge in [-0.3, -0.25) is 9.89 Å². The quantitative estimate of drug-likeness (QED) is 0.778. The SMILES string of the molecule is O=C(Nc1cccc(N2CCOCC2)c1)c1cccc2cn[nH]c12. The van der Waals surface area contributed by atoms with Crippen molar-refractivity contribution in [1.82, 2.24) is 10.2 Å². The zero-order valence-electron chi connectivity index (χ0n) is 13.2. The molecule has 0 unspecified atom stereocenters. The summed E-state index contributed by atoms with van der Waals surface area (Å²) in [4.78, 5) is 14.9. The van der Waals surface area contributed by atoms with Crippen LogP contribution in [0.25, 0.3) is 10.9 Å². The normalized spacial score (nSPS) is 14.8. The number of aromatic amines is 1. The first kappa shape index (κ1) is 14.7. The first-order chi connectivity index (χ1) is 11.8. The molecule has 6 heteroatoms. The van der Waals surface area contributed by atoms with Crippen molar-refractivity contribution < 1.29 is 9.53 Å². The molecule has 2 N–H and O–H groups in total. The number of amides is 1. The molecule has 2 heterocycles. The van der Waals surface area contributed by atoms with Crippen molar-refractivity contribution in [2.75, 3.05) is 36.5 Å². The standard InChI is InChI=1S/C18H18N4O2/c23-18(16-6-1-3-13-12-19-21-17(13)16)20-14-4-2-5-15(11-14)22-7-9-24-10-8-22/h1-6,11-12H,7-10H2,(H,19,21)(H,20,23). The fraction of sp³-hybridized carbons (Fsp3) is 0.222. The molecular weight excluding hydrogens is 304 g/mol. The predicted octanol–water partition coefficient (Wildman–Crippen LogP) is 2.65. The lowest BCUT2D eigenvalue weighted by atomic mass is 10.1. The lowest BCUT2D eigenvalue weighted by Crippen LogP contribution is -2.36. The average molecular weight is 322 g/mol. The third-order valence-electron chi connectivity index (χ3n) is 4.20. The highest BCUT2D eigenvalue weighted by Crippen LogP contribution is 2.22. The number of anilines is 2. The molecule has 0 aliphatic carbocycles. The number of nitrogens with one attached hydrogen (secondary N) is 2. The molecule has 1 aromatic heterocycles. The summed E-state index contributed by atoms with van der Waals surface area (Å²) < 4.78 is 5.39. The summed E-state index contributed by atoms with van der Waals surface area (Å²) in [6.07, 6.45) is 1.71. The van der Waals surface area contributed by atoms with Crippen molar-refractivity contribution in [3.63, 3.8) is 0 Å². The largest absolute Gasteiger partial charge is 0.378 e. The van der Waals surface area contributed by atoms with Gasteiger partial charge in [0.1, 0.15) is 0 Å². The lowest BCUT2D eigenvalue weighted by molar-refractivity contribution is 0.102. The summed E-state index contributed by atoms with van der Waals surface area (Å²) in [7, 11) is 0. The van der Waals surface area contributed by atoms with Crippen molar-refractivity contribution in [2.45, 2.75) is 0 Å². The van der Waals surface area contributed by atoms with Gasteiger partial charge in [0.05, 0.1) is 30.5 Å². The van der Waals surface area contributed by atoms with Crippen LogP contribution in [0.3, 0.4) is 0 Å². The fourth-order valence-electron chi connectivity index (χ4n) is 2.96. The van der Waals surface area contributed by atoms with Crippen LogP contribution in [0, 0.1) is 0 Å². The molecule has 24 heavy (non-hydrogen) atoms. The molecule has 0 bridgehead atoms. The Morgan fingerprint density at radius 3 is 2.88 bits per heavy atom. The molecule has 4 rings (SSSR count). The minimum atomic E-state index is -0.149. The number of benzene rings is 2. The Morgan fingerprint density at radius 1 is 1.17 bits per heavy atom. The van der Waals surface area contributed by atoms with Crippen LogP contribution < -0.4 is 10.2 Å². The second kappa shape index (κ2) is 6.33. The van der Waals surface area contributed by atoms with Crippen LogP contribution in [-0.2, 0) is 4.74 Å². The Kier molecular flexibility index (Phi) is 3.88. The van der Waals surface area contributed by atoms with Gasteiger partial charge >= 0.3 is 0 Å².